The minimum absolute atomic E-state index is 0.113. The molecule has 3 heterocycles. The van der Waals surface area contributed by atoms with Gasteiger partial charge in [0, 0.05) is 37.7 Å². The van der Waals surface area contributed by atoms with Crippen LogP contribution in [0.15, 0.2) is 15.3 Å². The number of halogens is 2. The lowest BCUT2D eigenvalue weighted by Crippen LogP contribution is -2.59. The second-order valence-corrected chi connectivity index (χ2v) is 11.1. The normalized spacial score (nSPS) is 23.0. The van der Waals surface area contributed by atoms with E-state index in [0.717, 1.165) is 0 Å². The lowest BCUT2D eigenvalue weighted by Gasteiger charge is -2.45. The van der Waals surface area contributed by atoms with Crippen molar-refractivity contribution in [1.29, 1.82) is 0 Å². The monoisotopic (exact) mass is 556 g/mol. The first kappa shape index (κ1) is 25.1. The van der Waals surface area contributed by atoms with E-state index >= 15 is 0 Å². The van der Waals surface area contributed by atoms with Crippen molar-refractivity contribution < 1.29 is 19.0 Å². The van der Waals surface area contributed by atoms with Crippen LogP contribution in [0.25, 0.3) is 10.9 Å². The van der Waals surface area contributed by atoms with Crippen LogP contribution in [-0.4, -0.2) is 71.1 Å². The molecule has 0 spiro atoms. The van der Waals surface area contributed by atoms with Crippen LogP contribution in [0.3, 0.4) is 0 Å². The van der Waals surface area contributed by atoms with Gasteiger partial charge in [0.05, 0.1) is 21.6 Å². The molecule has 1 amide bonds. The third kappa shape index (κ3) is 4.59. The molecular weight excluding hydrogens is 528 g/mol. The highest BCUT2D eigenvalue weighted by atomic mass is 79.9. The summed E-state index contributed by atoms with van der Waals surface area (Å²) in [4.78, 5) is 34.2. The predicted octanol–water partition coefficient (Wildman–Crippen LogP) is 4.05. The van der Waals surface area contributed by atoms with E-state index in [1.165, 1.54) is 0 Å². The van der Waals surface area contributed by atoms with Crippen LogP contribution < -0.4 is 15.3 Å². The highest BCUT2D eigenvalue weighted by Crippen LogP contribution is 2.43. The van der Waals surface area contributed by atoms with E-state index in [4.69, 9.17) is 25.8 Å². The summed E-state index contributed by atoms with van der Waals surface area (Å²) >= 11 is 10.1. The number of benzene rings is 1. The first-order valence-corrected chi connectivity index (χ1v) is 12.4. The average Bonchev–Trinajstić information content (AvgIpc) is 2.95. The molecule has 2 aromatic rings. The Bertz CT molecular complexity index is 1180. The van der Waals surface area contributed by atoms with Gasteiger partial charge in [-0.05, 0) is 56.6 Å². The topological polar surface area (TPSA) is 86.1 Å². The average molecular weight is 558 g/mol. The number of rotatable bonds is 2. The largest absolute Gasteiger partial charge is 0.487 e. The second kappa shape index (κ2) is 9.20. The molecule has 1 unspecified atom stereocenters. The van der Waals surface area contributed by atoms with Crippen LogP contribution in [0.2, 0.25) is 5.02 Å². The van der Waals surface area contributed by atoms with Gasteiger partial charge in [0.15, 0.2) is 5.75 Å². The molecule has 0 bridgehead atoms. The van der Waals surface area contributed by atoms with Crippen molar-refractivity contribution in [1.82, 2.24) is 14.5 Å². The number of carbonyl (C=O) groups is 1. The number of anilines is 1. The summed E-state index contributed by atoms with van der Waals surface area (Å²) in [6, 6.07) is 1.54. The third-order valence-corrected chi connectivity index (χ3v) is 7.43. The molecule has 0 N–H and O–H groups in total. The Hall–Kier alpha value is -2.04. The molecule has 2 aliphatic rings. The van der Waals surface area contributed by atoms with E-state index in [2.05, 4.69) is 25.8 Å². The van der Waals surface area contributed by atoms with Gasteiger partial charge in [-0.1, -0.05) is 11.6 Å². The van der Waals surface area contributed by atoms with Crippen molar-refractivity contribution in [3.05, 3.63) is 26.0 Å². The van der Waals surface area contributed by atoms with Crippen LogP contribution >= 0.6 is 27.5 Å². The van der Waals surface area contributed by atoms with Gasteiger partial charge in [0.2, 0.25) is 0 Å². The number of methoxy groups -OCH3 is 1. The Balaban J connectivity index is 1.79. The number of amides is 1. The lowest BCUT2D eigenvalue weighted by atomic mass is 10.1. The molecule has 3 atom stereocenters. The first-order chi connectivity index (χ1) is 15.9. The Morgan fingerprint density at radius 3 is 2.59 bits per heavy atom. The standard InChI is InChI=1S/C23H30BrClN4O5/c1-12-9-28(22(31)34-23(3,4)5)13(2)8-27(12)20-15-7-16(25)17(24)19-18(15)29(21(30)26-20)10-14(32-6)11-33-19/h7,12-14H,8-11H2,1-6H3/t12-,13+,14?/m0/s1. The maximum Gasteiger partial charge on any atom is 0.410 e. The fraction of sp³-hybridized carbons (Fsp3) is 0.609. The molecule has 11 heteroatoms. The molecule has 186 valence electrons. The van der Waals surface area contributed by atoms with Crippen molar-refractivity contribution in [2.24, 2.45) is 0 Å². The van der Waals surface area contributed by atoms with E-state index in [9.17, 15) is 9.59 Å². The Morgan fingerprint density at radius 2 is 1.94 bits per heavy atom. The number of hydrogen-bond acceptors (Lipinski definition) is 7. The molecule has 4 rings (SSSR count). The van der Waals surface area contributed by atoms with E-state index in [1.807, 2.05) is 34.6 Å². The molecule has 1 aromatic carbocycles. The molecule has 9 nitrogen and oxygen atoms in total. The van der Waals surface area contributed by atoms with Crippen molar-refractivity contribution >= 4 is 50.3 Å². The Kier molecular flexibility index (Phi) is 6.78. The second-order valence-electron chi connectivity index (χ2n) is 9.88. The van der Waals surface area contributed by atoms with Gasteiger partial charge in [0.1, 0.15) is 24.1 Å². The summed E-state index contributed by atoms with van der Waals surface area (Å²) in [5, 5.41) is 1.17. The quantitative estimate of drug-likeness (QED) is 0.551. The minimum Gasteiger partial charge on any atom is -0.487 e. The minimum atomic E-state index is -0.577. The SMILES string of the molecule is COC1COc2c(Br)c(Cl)cc3c(N4C[C@@H](C)N(C(=O)OC(C)(C)C)C[C@@H]4C)nc(=O)n(c23)C1. The number of carbonyl (C=O) groups excluding carboxylic acids is 1. The van der Waals surface area contributed by atoms with Gasteiger partial charge in [-0.15, -0.1) is 0 Å². The Labute approximate surface area is 212 Å². The molecule has 34 heavy (non-hydrogen) atoms. The van der Waals surface area contributed by atoms with Crippen molar-refractivity contribution in [2.45, 2.75) is 65.0 Å². The fourth-order valence-electron chi connectivity index (χ4n) is 4.43. The summed E-state index contributed by atoms with van der Waals surface area (Å²) in [6.45, 7) is 11.0. The molecule has 1 saturated heterocycles. The predicted molar refractivity (Wildman–Crippen MR) is 134 cm³/mol. The van der Waals surface area contributed by atoms with Crippen molar-refractivity contribution in [3.63, 3.8) is 0 Å². The number of ether oxygens (including phenoxy) is 3. The smallest absolute Gasteiger partial charge is 0.410 e. The summed E-state index contributed by atoms with van der Waals surface area (Å²) < 4.78 is 19.3. The zero-order chi connectivity index (χ0) is 24.9. The molecule has 1 fully saturated rings. The maximum absolute atomic E-state index is 13.2. The third-order valence-electron chi connectivity index (χ3n) is 6.11. The van der Waals surface area contributed by atoms with E-state index in [-0.39, 0.29) is 36.6 Å². The number of piperazine rings is 1. The molecule has 0 saturated carbocycles. The summed E-state index contributed by atoms with van der Waals surface area (Å²) in [7, 11) is 1.59. The van der Waals surface area contributed by atoms with Crippen LogP contribution in [0.5, 0.6) is 5.75 Å². The van der Waals surface area contributed by atoms with Crippen LogP contribution in [0.4, 0.5) is 10.6 Å². The first-order valence-electron chi connectivity index (χ1n) is 11.3. The molecule has 0 aliphatic carbocycles. The van der Waals surface area contributed by atoms with Gasteiger partial charge in [0.25, 0.3) is 0 Å². The highest BCUT2D eigenvalue weighted by molar-refractivity contribution is 9.10. The molecule has 1 aromatic heterocycles. The van der Waals surface area contributed by atoms with Crippen LogP contribution in [0.1, 0.15) is 34.6 Å². The Morgan fingerprint density at radius 1 is 1.24 bits per heavy atom. The molecule has 0 radical (unpaired) electrons. The summed E-state index contributed by atoms with van der Waals surface area (Å²) in [5.41, 5.74) is -0.341. The van der Waals surface area contributed by atoms with E-state index in [1.54, 1.807) is 22.6 Å². The fourth-order valence-corrected chi connectivity index (χ4v) is 5.04. The molecule has 2 aliphatic heterocycles. The number of hydrogen-bond donors (Lipinski definition) is 0. The number of aromatic nitrogens is 2. The van der Waals surface area contributed by atoms with Crippen molar-refractivity contribution in [3.8, 4) is 5.75 Å². The molecular formula is C23H30BrClN4O5. The maximum atomic E-state index is 13.2. The van der Waals surface area contributed by atoms with Crippen LogP contribution in [0, 0.1) is 0 Å². The van der Waals surface area contributed by atoms with Gasteiger partial charge in [-0.3, -0.25) is 4.57 Å². The van der Waals surface area contributed by atoms with E-state index < -0.39 is 5.60 Å². The summed E-state index contributed by atoms with van der Waals surface area (Å²) in [5.74, 6) is 1.02. The van der Waals surface area contributed by atoms with Gasteiger partial charge < -0.3 is 24.0 Å². The zero-order valence-electron chi connectivity index (χ0n) is 20.2. The van der Waals surface area contributed by atoms with Gasteiger partial charge in [-0.2, -0.15) is 4.98 Å². The zero-order valence-corrected chi connectivity index (χ0v) is 22.6. The van der Waals surface area contributed by atoms with Crippen molar-refractivity contribution in [2.75, 3.05) is 31.7 Å². The van der Waals surface area contributed by atoms with Crippen LogP contribution in [-0.2, 0) is 16.0 Å². The lowest BCUT2D eigenvalue weighted by molar-refractivity contribution is 0.0130. The number of nitrogens with zero attached hydrogens (tertiary/aromatic N) is 4. The summed E-state index contributed by atoms with van der Waals surface area (Å²) in [6.07, 6.45) is -0.651. The highest BCUT2D eigenvalue weighted by Gasteiger charge is 2.37. The van der Waals surface area contributed by atoms with E-state index in [0.29, 0.717) is 51.6 Å². The van der Waals surface area contributed by atoms with Gasteiger partial charge >= 0.3 is 11.8 Å². The van der Waals surface area contributed by atoms with Gasteiger partial charge in [-0.25, -0.2) is 9.59 Å².